The Hall–Kier alpha value is -3.59. The van der Waals surface area contributed by atoms with Crippen LogP contribution in [-0.2, 0) is 4.79 Å². The number of carbonyl (C=O) groups excluding carboxylic acids is 1. The Kier molecular flexibility index (Phi) is 4.81. The van der Waals surface area contributed by atoms with Gasteiger partial charge in [0.2, 0.25) is 5.91 Å². The molecule has 4 rings (SSSR count). The van der Waals surface area contributed by atoms with Gasteiger partial charge in [-0.05, 0) is 43.2 Å². The second-order valence-electron chi connectivity index (χ2n) is 6.73. The molecule has 6 nitrogen and oxygen atoms in total. The molecule has 1 aliphatic rings. The van der Waals surface area contributed by atoms with Crippen LogP contribution in [0.3, 0.4) is 0 Å². The van der Waals surface area contributed by atoms with Gasteiger partial charge < -0.3 is 16.0 Å². The number of carbonyl (C=O) groups is 1. The van der Waals surface area contributed by atoms with E-state index in [1.807, 2.05) is 44.4 Å². The summed E-state index contributed by atoms with van der Waals surface area (Å²) >= 11 is 0. The number of aromatic nitrogens is 2. The first-order valence-corrected chi connectivity index (χ1v) is 9.25. The Labute approximate surface area is 163 Å². The van der Waals surface area contributed by atoms with Crippen LogP contribution < -0.4 is 16.0 Å². The lowest BCUT2D eigenvalue weighted by molar-refractivity contribution is -0.117. The van der Waals surface area contributed by atoms with Crippen LogP contribution in [0.15, 0.2) is 42.7 Å². The first kappa shape index (κ1) is 17.8. The van der Waals surface area contributed by atoms with Gasteiger partial charge in [-0.2, -0.15) is 0 Å². The zero-order valence-electron chi connectivity index (χ0n) is 15.8. The van der Waals surface area contributed by atoms with Gasteiger partial charge in [0.25, 0.3) is 0 Å². The molecule has 2 aromatic heterocycles. The van der Waals surface area contributed by atoms with Crippen molar-refractivity contribution >= 4 is 34.0 Å². The van der Waals surface area contributed by atoms with E-state index in [2.05, 4.69) is 37.8 Å². The Morgan fingerprint density at radius 1 is 1.00 bits per heavy atom. The first-order valence-electron chi connectivity index (χ1n) is 9.25. The molecule has 28 heavy (non-hydrogen) atoms. The molecule has 0 spiro atoms. The highest BCUT2D eigenvalue weighted by molar-refractivity contribution is 5.99. The second-order valence-corrected chi connectivity index (χ2v) is 6.73. The number of pyridine rings is 2. The molecule has 1 saturated carbocycles. The third-order valence-electron chi connectivity index (χ3n) is 4.72. The lowest BCUT2D eigenvalue weighted by Crippen LogP contribution is -2.14. The van der Waals surface area contributed by atoms with Crippen molar-refractivity contribution in [3.05, 3.63) is 53.9 Å². The van der Waals surface area contributed by atoms with Crippen molar-refractivity contribution in [2.45, 2.75) is 12.8 Å². The summed E-state index contributed by atoms with van der Waals surface area (Å²) in [5, 5.41) is 10.8. The Balaban J connectivity index is 1.71. The number of hydrogen-bond acceptors (Lipinski definition) is 5. The molecular formula is C22H21N5O. The fourth-order valence-corrected chi connectivity index (χ4v) is 2.94. The summed E-state index contributed by atoms with van der Waals surface area (Å²) < 4.78 is 0. The fraction of sp³-hybridized carbons (Fsp3) is 0.227. The molecule has 3 aromatic rings. The molecule has 0 saturated heterocycles. The maximum Gasteiger partial charge on any atom is 0.228 e. The van der Waals surface area contributed by atoms with Gasteiger partial charge >= 0.3 is 0 Å². The van der Waals surface area contributed by atoms with Crippen molar-refractivity contribution in [1.29, 1.82) is 0 Å². The molecule has 0 unspecified atom stereocenters. The van der Waals surface area contributed by atoms with Crippen LogP contribution in [0.4, 0.5) is 17.3 Å². The summed E-state index contributed by atoms with van der Waals surface area (Å²) in [6.07, 6.45) is 5.38. The third kappa shape index (κ3) is 3.74. The third-order valence-corrected chi connectivity index (χ3v) is 4.72. The van der Waals surface area contributed by atoms with Gasteiger partial charge in [-0.3, -0.25) is 4.79 Å². The van der Waals surface area contributed by atoms with Crippen LogP contribution in [0.2, 0.25) is 0 Å². The van der Waals surface area contributed by atoms with Crippen molar-refractivity contribution in [3.8, 4) is 11.8 Å². The number of nitrogens with one attached hydrogen (secondary N) is 3. The molecular weight excluding hydrogens is 350 g/mol. The van der Waals surface area contributed by atoms with E-state index in [4.69, 9.17) is 0 Å². The van der Waals surface area contributed by atoms with Crippen molar-refractivity contribution < 1.29 is 4.79 Å². The molecule has 1 fully saturated rings. The minimum Gasteiger partial charge on any atom is -0.388 e. The van der Waals surface area contributed by atoms with E-state index in [0.29, 0.717) is 5.82 Å². The van der Waals surface area contributed by atoms with Crippen LogP contribution >= 0.6 is 0 Å². The molecule has 1 aliphatic carbocycles. The summed E-state index contributed by atoms with van der Waals surface area (Å²) in [6.45, 7) is 0. The lowest BCUT2D eigenvalue weighted by Gasteiger charge is -2.09. The van der Waals surface area contributed by atoms with Crippen LogP contribution in [0.25, 0.3) is 10.8 Å². The number of fused-ring (bicyclic) bond motifs is 1. The van der Waals surface area contributed by atoms with E-state index in [9.17, 15) is 4.79 Å². The minimum absolute atomic E-state index is 0.0343. The molecule has 2 heterocycles. The van der Waals surface area contributed by atoms with Gasteiger partial charge in [0.1, 0.15) is 11.6 Å². The predicted molar refractivity (Wildman–Crippen MR) is 112 cm³/mol. The molecule has 140 valence electrons. The van der Waals surface area contributed by atoms with E-state index in [1.54, 1.807) is 12.4 Å². The predicted octanol–water partition coefficient (Wildman–Crippen LogP) is 3.46. The van der Waals surface area contributed by atoms with Crippen molar-refractivity contribution in [1.82, 2.24) is 9.97 Å². The maximum atomic E-state index is 12.1. The number of benzene rings is 1. The monoisotopic (exact) mass is 371 g/mol. The number of rotatable bonds is 4. The van der Waals surface area contributed by atoms with E-state index in [0.717, 1.165) is 46.2 Å². The molecule has 3 N–H and O–H groups in total. The molecule has 0 atom stereocenters. The average Bonchev–Trinajstić information content (AvgIpc) is 3.58. The Morgan fingerprint density at radius 3 is 2.46 bits per heavy atom. The van der Waals surface area contributed by atoms with Crippen molar-refractivity contribution in [3.63, 3.8) is 0 Å². The number of hydrogen-bond donors (Lipinski definition) is 3. The van der Waals surface area contributed by atoms with Gasteiger partial charge in [0, 0.05) is 54.4 Å². The van der Waals surface area contributed by atoms with E-state index >= 15 is 0 Å². The number of anilines is 3. The van der Waals surface area contributed by atoms with Gasteiger partial charge in [0.05, 0.1) is 5.56 Å². The largest absolute Gasteiger partial charge is 0.388 e. The van der Waals surface area contributed by atoms with Gasteiger partial charge in [0.15, 0.2) is 0 Å². The zero-order valence-corrected chi connectivity index (χ0v) is 15.8. The standard InChI is InChI=1S/C22H21N5O/c1-23-17-9-4-14(5-10-17)3-6-16-12-26-21(24-2)19-13-25-20(11-18(16)19)27-22(28)15-7-8-15/h4-5,9-13,15,23H,7-8H2,1-2H3,(H,24,26)(H,25,27,28). The quantitative estimate of drug-likeness (QED) is 0.612. The van der Waals surface area contributed by atoms with Crippen molar-refractivity contribution in [2.24, 2.45) is 5.92 Å². The molecule has 1 aromatic carbocycles. The molecule has 1 amide bonds. The SMILES string of the molecule is CNc1ccc(C#Cc2cnc(NC)c3cnc(NC(=O)C4CC4)cc23)cc1. The summed E-state index contributed by atoms with van der Waals surface area (Å²) in [7, 11) is 3.70. The van der Waals surface area contributed by atoms with Crippen molar-refractivity contribution in [2.75, 3.05) is 30.0 Å². The highest BCUT2D eigenvalue weighted by atomic mass is 16.2. The second kappa shape index (κ2) is 7.57. The van der Waals surface area contributed by atoms with Gasteiger partial charge in [-0.1, -0.05) is 11.8 Å². The van der Waals surface area contributed by atoms with Gasteiger partial charge in [-0.15, -0.1) is 0 Å². The molecule has 6 heteroatoms. The number of nitrogens with zero attached hydrogens (tertiary/aromatic N) is 2. The maximum absolute atomic E-state index is 12.1. The molecule has 0 radical (unpaired) electrons. The highest BCUT2D eigenvalue weighted by Gasteiger charge is 2.29. The van der Waals surface area contributed by atoms with Crippen LogP contribution in [0.1, 0.15) is 24.0 Å². The summed E-state index contributed by atoms with van der Waals surface area (Å²) in [5.74, 6) is 7.82. The van der Waals surface area contributed by atoms with Crippen LogP contribution in [0, 0.1) is 17.8 Å². The van der Waals surface area contributed by atoms with E-state index < -0.39 is 0 Å². The zero-order chi connectivity index (χ0) is 19.5. The summed E-state index contributed by atoms with van der Waals surface area (Å²) in [5.41, 5.74) is 2.75. The van der Waals surface area contributed by atoms with E-state index in [-0.39, 0.29) is 11.8 Å². The molecule has 0 aliphatic heterocycles. The topological polar surface area (TPSA) is 78.9 Å². The first-order chi connectivity index (χ1) is 13.7. The average molecular weight is 371 g/mol. The summed E-state index contributed by atoms with van der Waals surface area (Å²) in [6, 6.07) is 9.78. The minimum atomic E-state index is 0.0343. The van der Waals surface area contributed by atoms with E-state index in [1.165, 1.54) is 0 Å². The summed E-state index contributed by atoms with van der Waals surface area (Å²) in [4.78, 5) is 20.9. The Bertz CT molecular complexity index is 1090. The normalized spacial score (nSPS) is 12.8. The van der Waals surface area contributed by atoms with Gasteiger partial charge in [-0.25, -0.2) is 9.97 Å². The van der Waals surface area contributed by atoms with Crippen LogP contribution in [0.5, 0.6) is 0 Å². The smallest absolute Gasteiger partial charge is 0.228 e. The molecule has 0 bridgehead atoms. The Morgan fingerprint density at radius 2 is 1.79 bits per heavy atom. The lowest BCUT2D eigenvalue weighted by atomic mass is 10.1. The van der Waals surface area contributed by atoms with Crippen LogP contribution in [-0.4, -0.2) is 30.0 Å². The fourth-order valence-electron chi connectivity index (χ4n) is 2.94. The number of amides is 1. The highest BCUT2D eigenvalue weighted by Crippen LogP contribution is 2.31.